The van der Waals surface area contributed by atoms with Crippen LogP contribution in [0, 0.1) is 5.41 Å². The molecule has 22 heavy (non-hydrogen) atoms. The Hall–Kier alpha value is -0.170. The summed E-state index contributed by atoms with van der Waals surface area (Å²) < 4.78 is 31.3. The van der Waals surface area contributed by atoms with E-state index >= 15 is 0 Å². The van der Waals surface area contributed by atoms with Crippen LogP contribution in [0.1, 0.15) is 51.9 Å². The highest BCUT2D eigenvalue weighted by Gasteiger charge is 2.56. The van der Waals surface area contributed by atoms with Crippen LogP contribution in [0.3, 0.4) is 0 Å². The van der Waals surface area contributed by atoms with Crippen molar-refractivity contribution in [1.29, 1.82) is 0 Å². The molecule has 1 heterocycles. The van der Waals surface area contributed by atoms with Gasteiger partial charge in [-0.15, -0.1) is 0 Å². The maximum atomic E-state index is 11.8. The van der Waals surface area contributed by atoms with E-state index in [2.05, 4.69) is 12.2 Å². The van der Waals surface area contributed by atoms with Gasteiger partial charge in [-0.25, -0.2) is 8.42 Å². The first kappa shape index (κ1) is 16.7. The maximum Gasteiger partial charge on any atom is 0.211 e. The van der Waals surface area contributed by atoms with E-state index in [9.17, 15) is 8.42 Å². The predicted octanol–water partition coefficient (Wildman–Crippen LogP) is 1.74. The zero-order valence-corrected chi connectivity index (χ0v) is 14.7. The van der Waals surface area contributed by atoms with Crippen molar-refractivity contribution in [2.45, 2.75) is 70.1 Å². The molecule has 1 N–H and O–H groups in total. The van der Waals surface area contributed by atoms with Gasteiger partial charge < -0.3 is 10.1 Å². The van der Waals surface area contributed by atoms with Gasteiger partial charge in [-0.05, 0) is 39.0 Å². The minimum Gasteiger partial charge on any atom is -0.378 e. The van der Waals surface area contributed by atoms with Crippen LogP contribution in [-0.4, -0.2) is 56.9 Å². The van der Waals surface area contributed by atoms with Crippen LogP contribution in [0.4, 0.5) is 0 Å². The summed E-state index contributed by atoms with van der Waals surface area (Å²) in [7, 11) is -3.07. The smallest absolute Gasteiger partial charge is 0.211 e. The summed E-state index contributed by atoms with van der Waals surface area (Å²) in [6, 6.07) is 0.646. The third-order valence-corrected chi connectivity index (χ3v) is 7.37. The third-order valence-electron chi connectivity index (χ3n) is 6.04. The van der Waals surface area contributed by atoms with E-state index < -0.39 is 10.0 Å². The number of nitrogens with one attached hydrogen (secondary N) is 1. The second-order valence-corrected chi connectivity index (χ2v) is 9.19. The van der Waals surface area contributed by atoms with Crippen LogP contribution >= 0.6 is 0 Å². The molecule has 3 fully saturated rings. The first-order chi connectivity index (χ1) is 10.5. The first-order valence-electron chi connectivity index (χ1n) is 8.79. The molecule has 1 saturated heterocycles. The Labute approximate surface area is 134 Å². The fourth-order valence-corrected chi connectivity index (χ4v) is 6.08. The van der Waals surface area contributed by atoms with Gasteiger partial charge in [0.15, 0.2) is 0 Å². The second-order valence-electron chi connectivity index (χ2n) is 7.25. The normalized spacial score (nSPS) is 35.1. The van der Waals surface area contributed by atoms with Gasteiger partial charge in [-0.3, -0.25) is 0 Å². The Morgan fingerprint density at radius 3 is 2.64 bits per heavy atom. The molecule has 2 saturated carbocycles. The highest BCUT2D eigenvalue weighted by atomic mass is 32.2. The minimum absolute atomic E-state index is 0.139. The van der Waals surface area contributed by atoms with Gasteiger partial charge in [0.1, 0.15) is 0 Å². The van der Waals surface area contributed by atoms with E-state index in [1.54, 1.807) is 4.31 Å². The third kappa shape index (κ3) is 2.95. The Kier molecular flexibility index (Phi) is 4.84. The molecule has 6 heteroatoms. The van der Waals surface area contributed by atoms with Crippen molar-refractivity contribution in [2.75, 3.05) is 26.0 Å². The van der Waals surface area contributed by atoms with Gasteiger partial charge >= 0.3 is 0 Å². The molecule has 5 nitrogen and oxygen atoms in total. The van der Waals surface area contributed by atoms with Crippen LogP contribution < -0.4 is 5.32 Å². The number of hydrogen-bond acceptors (Lipinski definition) is 4. The molecule has 0 bridgehead atoms. The highest BCUT2D eigenvalue weighted by Crippen LogP contribution is 2.54. The average Bonchev–Trinajstić information content (AvgIpc) is 3.10. The fraction of sp³-hybridized carbons (Fsp3) is 1.00. The topological polar surface area (TPSA) is 58.6 Å². The summed E-state index contributed by atoms with van der Waals surface area (Å²) in [5, 5.41) is 3.70. The van der Waals surface area contributed by atoms with Crippen molar-refractivity contribution in [2.24, 2.45) is 5.41 Å². The summed E-state index contributed by atoms with van der Waals surface area (Å²) in [6.45, 7) is 4.34. The lowest BCUT2D eigenvalue weighted by molar-refractivity contribution is -0.130. The van der Waals surface area contributed by atoms with Crippen molar-refractivity contribution >= 4 is 10.0 Å². The molecular weight excluding hydrogens is 300 g/mol. The van der Waals surface area contributed by atoms with Gasteiger partial charge in [0.25, 0.3) is 0 Å². The molecule has 3 aliphatic rings. The summed E-state index contributed by atoms with van der Waals surface area (Å²) in [5.74, 6) is 0. The lowest BCUT2D eigenvalue weighted by Crippen LogP contribution is -2.63. The standard InChI is InChI=1S/C16H30N2O3S/c1-3-21-15-11-14(16(15)8-4-5-9-16)17-12-13-7-6-10-18(13)22(2,19)20/h13-15,17H,3-12H2,1-2H3/t13-,14?,15?/m1/s1. The molecule has 0 aromatic heterocycles. The summed E-state index contributed by atoms with van der Waals surface area (Å²) in [6.07, 6.45) is 9.92. The number of sulfonamides is 1. The van der Waals surface area contributed by atoms with Crippen molar-refractivity contribution in [3.63, 3.8) is 0 Å². The zero-order valence-electron chi connectivity index (χ0n) is 13.9. The van der Waals surface area contributed by atoms with Crippen molar-refractivity contribution < 1.29 is 13.2 Å². The molecule has 128 valence electrons. The van der Waals surface area contributed by atoms with Crippen LogP contribution in [0.25, 0.3) is 0 Å². The van der Waals surface area contributed by atoms with Crippen molar-refractivity contribution in [3.05, 3.63) is 0 Å². The van der Waals surface area contributed by atoms with Crippen LogP contribution in [0.5, 0.6) is 0 Å². The monoisotopic (exact) mass is 330 g/mol. The molecule has 1 aliphatic heterocycles. The van der Waals surface area contributed by atoms with E-state index in [1.807, 2.05) is 0 Å². The molecule has 3 atom stereocenters. The van der Waals surface area contributed by atoms with E-state index in [0.717, 1.165) is 32.4 Å². The highest BCUT2D eigenvalue weighted by molar-refractivity contribution is 7.88. The second kappa shape index (κ2) is 6.38. The van der Waals surface area contributed by atoms with Crippen LogP contribution in [0.2, 0.25) is 0 Å². The summed E-state index contributed by atoms with van der Waals surface area (Å²) >= 11 is 0. The van der Waals surface area contributed by atoms with Gasteiger partial charge in [0.05, 0.1) is 12.4 Å². The lowest BCUT2D eigenvalue weighted by atomic mass is 9.60. The molecule has 0 aromatic rings. The Morgan fingerprint density at radius 1 is 1.27 bits per heavy atom. The number of rotatable bonds is 6. The zero-order chi connectivity index (χ0) is 15.8. The molecule has 0 radical (unpaired) electrons. The van der Waals surface area contributed by atoms with Gasteiger partial charge in [-0.1, -0.05) is 12.8 Å². The van der Waals surface area contributed by atoms with Crippen LogP contribution in [0.15, 0.2) is 0 Å². The molecule has 2 unspecified atom stereocenters. The molecule has 0 amide bonds. The number of nitrogens with zero attached hydrogens (tertiary/aromatic N) is 1. The minimum atomic E-state index is -3.07. The fourth-order valence-electron chi connectivity index (χ4n) is 4.90. The summed E-state index contributed by atoms with van der Waals surface area (Å²) in [4.78, 5) is 0. The van der Waals surface area contributed by atoms with E-state index in [1.165, 1.54) is 31.9 Å². The number of ether oxygens (including phenoxy) is 1. The lowest BCUT2D eigenvalue weighted by Gasteiger charge is -2.54. The predicted molar refractivity (Wildman–Crippen MR) is 87.3 cm³/mol. The van der Waals surface area contributed by atoms with Gasteiger partial charge in [0.2, 0.25) is 10.0 Å². The van der Waals surface area contributed by atoms with Gasteiger partial charge in [0, 0.05) is 37.2 Å². The maximum absolute atomic E-state index is 11.8. The van der Waals surface area contributed by atoms with Crippen LogP contribution in [-0.2, 0) is 14.8 Å². The SMILES string of the molecule is CCOC1CC(NC[C@H]2CCCN2S(C)(=O)=O)C12CCCC2. The van der Waals surface area contributed by atoms with E-state index in [0.29, 0.717) is 24.1 Å². The largest absolute Gasteiger partial charge is 0.378 e. The Morgan fingerprint density at radius 2 is 2.00 bits per heavy atom. The molecule has 1 spiro atoms. The van der Waals surface area contributed by atoms with Gasteiger partial charge in [-0.2, -0.15) is 4.31 Å². The van der Waals surface area contributed by atoms with E-state index in [4.69, 9.17) is 4.74 Å². The van der Waals surface area contributed by atoms with E-state index in [-0.39, 0.29) is 6.04 Å². The molecule has 0 aromatic carbocycles. The van der Waals surface area contributed by atoms with Crippen molar-refractivity contribution in [3.8, 4) is 0 Å². The molecular formula is C16H30N2O3S. The first-order valence-corrected chi connectivity index (χ1v) is 10.6. The Balaban J connectivity index is 1.58. The summed E-state index contributed by atoms with van der Waals surface area (Å²) in [5.41, 5.74) is 0.324. The van der Waals surface area contributed by atoms with Crippen molar-refractivity contribution in [1.82, 2.24) is 9.62 Å². The average molecular weight is 330 g/mol. The molecule has 2 aliphatic carbocycles. The number of hydrogen-bond donors (Lipinski definition) is 1. The molecule has 3 rings (SSSR count). The Bertz CT molecular complexity index is 488. The quantitative estimate of drug-likeness (QED) is 0.806.